The third kappa shape index (κ3) is 4.79. The van der Waals surface area contributed by atoms with Crippen LogP contribution in [0.1, 0.15) is 35.1 Å². The molecule has 2 N–H and O–H groups in total. The van der Waals surface area contributed by atoms with Gasteiger partial charge in [-0.3, -0.25) is 4.79 Å². The lowest BCUT2D eigenvalue weighted by atomic mass is 10.2. The van der Waals surface area contributed by atoms with Crippen molar-refractivity contribution in [2.75, 3.05) is 12.0 Å². The van der Waals surface area contributed by atoms with Crippen LogP contribution >= 0.6 is 23.3 Å². The maximum absolute atomic E-state index is 12.0. The van der Waals surface area contributed by atoms with E-state index in [0.29, 0.717) is 29.2 Å². The highest BCUT2D eigenvalue weighted by molar-refractivity contribution is 7.98. The number of carbonyl (C=O) groups excluding carboxylic acids is 1. The molecule has 0 saturated heterocycles. The molecule has 106 valence electrons. The Bertz CT molecular complexity index is 437. The maximum Gasteiger partial charge on any atom is 0.326 e. The Morgan fingerprint density at radius 3 is 2.84 bits per heavy atom. The van der Waals surface area contributed by atoms with Crippen molar-refractivity contribution >= 4 is 35.2 Å². The molecule has 0 unspecified atom stereocenters. The standard InChI is InChI=1S/C11H17N3O3S2/c1-3-4-7-9(19-14-13-7)10(15)12-8(11(16)17)5-6-18-2/h8H,3-6H2,1-2H3,(H,12,15)(H,16,17)/t8-/m0/s1. The van der Waals surface area contributed by atoms with Crippen LogP contribution in [0, 0.1) is 0 Å². The van der Waals surface area contributed by atoms with E-state index < -0.39 is 17.9 Å². The van der Waals surface area contributed by atoms with Crippen LogP contribution in [0.4, 0.5) is 0 Å². The monoisotopic (exact) mass is 303 g/mol. The van der Waals surface area contributed by atoms with Gasteiger partial charge in [-0.1, -0.05) is 17.8 Å². The van der Waals surface area contributed by atoms with Crippen LogP contribution in [0.5, 0.6) is 0 Å². The molecule has 1 heterocycles. The van der Waals surface area contributed by atoms with Gasteiger partial charge in [0.1, 0.15) is 10.9 Å². The Morgan fingerprint density at radius 1 is 1.53 bits per heavy atom. The fraction of sp³-hybridized carbons (Fsp3) is 0.636. The van der Waals surface area contributed by atoms with Crippen LogP contribution in [-0.2, 0) is 11.2 Å². The largest absolute Gasteiger partial charge is 0.480 e. The second kappa shape index (κ2) is 8.11. The topological polar surface area (TPSA) is 92.2 Å². The van der Waals surface area contributed by atoms with Gasteiger partial charge in [-0.2, -0.15) is 11.8 Å². The third-order valence-corrected chi connectivity index (χ3v) is 3.87. The van der Waals surface area contributed by atoms with E-state index in [1.54, 1.807) is 11.8 Å². The van der Waals surface area contributed by atoms with Crippen molar-refractivity contribution in [1.29, 1.82) is 0 Å². The molecule has 0 aliphatic carbocycles. The number of aliphatic carboxylic acids is 1. The fourth-order valence-corrected chi connectivity index (χ4v) is 2.58. The number of aromatic nitrogens is 2. The molecular formula is C11H17N3O3S2. The molecule has 0 aliphatic heterocycles. The van der Waals surface area contributed by atoms with Crippen molar-refractivity contribution in [3.63, 3.8) is 0 Å². The molecule has 0 aliphatic rings. The average molecular weight is 303 g/mol. The summed E-state index contributed by atoms with van der Waals surface area (Å²) in [4.78, 5) is 23.5. The highest BCUT2D eigenvalue weighted by atomic mass is 32.2. The number of carboxylic acid groups (broad SMARTS) is 1. The van der Waals surface area contributed by atoms with Crippen LogP contribution in [0.3, 0.4) is 0 Å². The molecule has 0 bridgehead atoms. The van der Waals surface area contributed by atoms with E-state index >= 15 is 0 Å². The molecule has 1 aromatic rings. The SMILES string of the molecule is CCCc1nnsc1C(=O)N[C@@H](CCSC)C(=O)O. The van der Waals surface area contributed by atoms with Gasteiger partial charge in [0.15, 0.2) is 0 Å². The Kier molecular flexibility index (Phi) is 6.79. The first-order valence-corrected chi connectivity index (χ1v) is 8.10. The molecule has 6 nitrogen and oxygen atoms in total. The number of thioether (sulfide) groups is 1. The summed E-state index contributed by atoms with van der Waals surface area (Å²) in [5, 5.41) is 15.5. The lowest BCUT2D eigenvalue weighted by Crippen LogP contribution is -2.41. The van der Waals surface area contributed by atoms with Crippen LogP contribution in [0.15, 0.2) is 0 Å². The third-order valence-electron chi connectivity index (χ3n) is 2.46. The predicted molar refractivity (Wildman–Crippen MR) is 75.8 cm³/mol. The number of hydrogen-bond acceptors (Lipinski definition) is 6. The first-order chi connectivity index (χ1) is 9.10. The van der Waals surface area contributed by atoms with Crippen LogP contribution in [-0.4, -0.2) is 44.6 Å². The minimum absolute atomic E-state index is 0.396. The summed E-state index contributed by atoms with van der Waals surface area (Å²) in [5.74, 6) is -0.733. The molecule has 1 atom stereocenters. The lowest BCUT2D eigenvalue weighted by Gasteiger charge is -2.13. The van der Waals surface area contributed by atoms with Crippen molar-refractivity contribution in [2.45, 2.75) is 32.2 Å². The number of nitrogens with one attached hydrogen (secondary N) is 1. The maximum atomic E-state index is 12.0. The number of hydrogen-bond donors (Lipinski definition) is 2. The molecule has 19 heavy (non-hydrogen) atoms. The van der Waals surface area contributed by atoms with E-state index in [2.05, 4.69) is 14.9 Å². The van der Waals surface area contributed by atoms with Gasteiger partial charge >= 0.3 is 5.97 Å². The zero-order valence-electron chi connectivity index (χ0n) is 10.9. The Hall–Kier alpha value is -1.15. The normalized spacial score (nSPS) is 12.1. The van der Waals surface area contributed by atoms with E-state index in [1.807, 2.05) is 13.2 Å². The predicted octanol–water partition coefficient (Wildman–Crippen LogP) is 1.43. The van der Waals surface area contributed by atoms with E-state index in [9.17, 15) is 9.59 Å². The minimum atomic E-state index is -1.02. The number of rotatable bonds is 8. The number of aryl methyl sites for hydroxylation is 1. The summed E-state index contributed by atoms with van der Waals surface area (Å²) in [5.41, 5.74) is 0.638. The number of carbonyl (C=O) groups is 2. The molecule has 0 radical (unpaired) electrons. The van der Waals surface area contributed by atoms with Gasteiger partial charge in [0.2, 0.25) is 0 Å². The van der Waals surface area contributed by atoms with Gasteiger partial charge in [-0.15, -0.1) is 5.10 Å². The van der Waals surface area contributed by atoms with Crippen molar-refractivity contribution < 1.29 is 14.7 Å². The van der Waals surface area contributed by atoms with Crippen molar-refractivity contribution in [2.24, 2.45) is 0 Å². The Balaban J connectivity index is 2.70. The van der Waals surface area contributed by atoms with Gasteiger partial charge in [0, 0.05) is 0 Å². The summed E-state index contributed by atoms with van der Waals surface area (Å²) in [7, 11) is 0. The van der Waals surface area contributed by atoms with E-state index in [1.165, 1.54) is 0 Å². The quantitative estimate of drug-likeness (QED) is 0.754. The molecule has 0 spiro atoms. The van der Waals surface area contributed by atoms with E-state index in [0.717, 1.165) is 18.0 Å². The molecule has 1 aromatic heterocycles. The summed E-state index contributed by atoms with van der Waals surface area (Å²) in [6, 6.07) is -0.864. The minimum Gasteiger partial charge on any atom is -0.480 e. The molecule has 0 aromatic carbocycles. The average Bonchev–Trinajstić information content (AvgIpc) is 2.82. The van der Waals surface area contributed by atoms with Crippen LogP contribution in [0.25, 0.3) is 0 Å². The van der Waals surface area contributed by atoms with Gasteiger partial charge in [-0.05, 0) is 36.4 Å². The highest BCUT2D eigenvalue weighted by Crippen LogP contribution is 2.13. The lowest BCUT2D eigenvalue weighted by molar-refractivity contribution is -0.139. The van der Waals surface area contributed by atoms with E-state index in [-0.39, 0.29) is 0 Å². The number of amides is 1. The summed E-state index contributed by atoms with van der Waals surface area (Å²) in [6.07, 6.45) is 3.83. The molecule has 0 fully saturated rings. The summed E-state index contributed by atoms with van der Waals surface area (Å²) in [6.45, 7) is 1.99. The Morgan fingerprint density at radius 2 is 2.26 bits per heavy atom. The first kappa shape index (κ1) is 15.9. The van der Waals surface area contributed by atoms with Gasteiger partial charge in [-0.25, -0.2) is 4.79 Å². The second-order valence-corrected chi connectivity index (χ2v) is 5.68. The zero-order chi connectivity index (χ0) is 14.3. The molecule has 8 heteroatoms. The van der Waals surface area contributed by atoms with Crippen molar-refractivity contribution in [1.82, 2.24) is 14.9 Å². The zero-order valence-corrected chi connectivity index (χ0v) is 12.5. The smallest absolute Gasteiger partial charge is 0.326 e. The van der Waals surface area contributed by atoms with Gasteiger partial charge in [0.05, 0.1) is 5.69 Å². The molecule has 1 rings (SSSR count). The van der Waals surface area contributed by atoms with Crippen LogP contribution in [0.2, 0.25) is 0 Å². The highest BCUT2D eigenvalue weighted by Gasteiger charge is 2.23. The van der Waals surface area contributed by atoms with Gasteiger partial charge < -0.3 is 10.4 Å². The van der Waals surface area contributed by atoms with Crippen molar-refractivity contribution in [3.05, 3.63) is 10.6 Å². The van der Waals surface area contributed by atoms with Gasteiger partial charge in [0.25, 0.3) is 5.91 Å². The van der Waals surface area contributed by atoms with E-state index in [4.69, 9.17) is 5.11 Å². The van der Waals surface area contributed by atoms with Crippen LogP contribution < -0.4 is 5.32 Å². The molecular weight excluding hydrogens is 286 g/mol. The fourth-order valence-electron chi connectivity index (χ4n) is 1.50. The number of carboxylic acids is 1. The number of nitrogens with zero attached hydrogens (tertiary/aromatic N) is 2. The summed E-state index contributed by atoms with van der Waals surface area (Å²) >= 11 is 2.55. The Labute approximate surface area is 120 Å². The second-order valence-electron chi connectivity index (χ2n) is 3.94. The molecule has 1 amide bonds. The summed E-state index contributed by atoms with van der Waals surface area (Å²) < 4.78 is 3.76. The first-order valence-electron chi connectivity index (χ1n) is 5.94. The molecule has 0 saturated carbocycles. The van der Waals surface area contributed by atoms with Crippen molar-refractivity contribution in [3.8, 4) is 0 Å².